The third-order valence-corrected chi connectivity index (χ3v) is 3.66. The van der Waals surface area contributed by atoms with Gasteiger partial charge in [-0.05, 0) is 37.6 Å². The lowest BCUT2D eigenvalue weighted by Crippen LogP contribution is -2.40. The van der Waals surface area contributed by atoms with Crippen molar-refractivity contribution in [1.82, 2.24) is 4.90 Å². The number of likely N-dealkylation sites (tertiary alicyclic amines) is 1. The third-order valence-electron chi connectivity index (χ3n) is 3.66. The lowest BCUT2D eigenvalue weighted by molar-refractivity contribution is -0.0203. The maximum atomic E-state index is 11.3. The Morgan fingerprint density at radius 1 is 1.28 bits per heavy atom. The van der Waals surface area contributed by atoms with Crippen LogP contribution in [0.25, 0.3) is 0 Å². The van der Waals surface area contributed by atoms with E-state index >= 15 is 0 Å². The Labute approximate surface area is 107 Å². The van der Waals surface area contributed by atoms with E-state index in [4.69, 9.17) is 0 Å². The van der Waals surface area contributed by atoms with E-state index in [2.05, 4.69) is 16.7 Å². The second kappa shape index (κ2) is 5.08. The molecule has 0 radical (unpaired) electrons. The molecule has 0 amide bonds. The molecule has 1 heterocycles. The maximum absolute atomic E-state index is 11.3. The first-order valence-electron chi connectivity index (χ1n) is 6.15. The van der Waals surface area contributed by atoms with Crippen molar-refractivity contribution in [3.8, 4) is 0 Å². The standard InChI is InChI=1S/C14H19NO3/c1-15-9-7-14(17,8-10-15)12-5-3-11(4-6-12)13(16)18-2/h3-6,17H,7-10H2,1-2H3. The van der Waals surface area contributed by atoms with E-state index in [0.717, 1.165) is 31.5 Å². The lowest BCUT2D eigenvalue weighted by Gasteiger charge is -2.36. The number of piperidine rings is 1. The van der Waals surface area contributed by atoms with Crippen LogP contribution in [0.3, 0.4) is 0 Å². The summed E-state index contributed by atoms with van der Waals surface area (Å²) in [7, 11) is 3.42. The molecule has 1 saturated heterocycles. The monoisotopic (exact) mass is 249 g/mol. The van der Waals surface area contributed by atoms with Gasteiger partial charge in [0.2, 0.25) is 0 Å². The van der Waals surface area contributed by atoms with Crippen LogP contribution in [0.5, 0.6) is 0 Å². The SMILES string of the molecule is COC(=O)c1ccc(C2(O)CCN(C)CC2)cc1. The molecule has 0 aliphatic carbocycles. The van der Waals surface area contributed by atoms with Crippen molar-refractivity contribution in [2.45, 2.75) is 18.4 Å². The third kappa shape index (κ3) is 2.54. The molecule has 98 valence electrons. The fourth-order valence-corrected chi connectivity index (χ4v) is 2.31. The highest BCUT2D eigenvalue weighted by Gasteiger charge is 2.32. The Morgan fingerprint density at radius 2 is 1.83 bits per heavy atom. The van der Waals surface area contributed by atoms with E-state index in [1.165, 1.54) is 7.11 Å². The highest BCUT2D eigenvalue weighted by Crippen LogP contribution is 2.32. The molecule has 0 saturated carbocycles. The summed E-state index contributed by atoms with van der Waals surface area (Å²) in [5, 5.41) is 10.6. The molecule has 2 rings (SSSR count). The molecule has 0 atom stereocenters. The number of carbonyl (C=O) groups excluding carboxylic acids is 1. The van der Waals surface area contributed by atoms with Crippen LogP contribution in [0.4, 0.5) is 0 Å². The summed E-state index contributed by atoms with van der Waals surface area (Å²) < 4.78 is 4.65. The minimum atomic E-state index is -0.763. The van der Waals surface area contributed by atoms with Gasteiger partial charge in [0.25, 0.3) is 0 Å². The zero-order chi connectivity index (χ0) is 13.2. The van der Waals surface area contributed by atoms with Crippen LogP contribution in [0, 0.1) is 0 Å². The summed E-state index contributed by atoms with van der Waals surface area (Å²) in [6.45, 7) is 1.77. The van der Waals surface area contributed by atoms with Crippen LogP contribution < -0.4 is 0 Å². The summed E-state index contributed by atoms with van der Waals surface area (Å²) >= 11 is 0. The molecule has 1 N–H and O–H groups in total. The van der Waals surface area contributed by atoms with Crippen LogP contribution in [0.15, 0.2) is 24.3 Å². The first kappa shape index (κ1) is 13.1. The molecule has 0 spiro atoms. The van der Waals surface area contributed by atoms with Crippen molar-refractivity contribution in [2.75, 3.05) is 27.2 Å². The van der Waals surface area contributed by atoms with Crippen LogP contribution in [-0.2, 0) is 10.3 Å². The van der Waals surface area contributed by atoms with Gasteiger partial charge in [-0.1, -0.05) is 12.1 Å². The summed E-state index contributed by atoms with van der Waals surface area (Å²) in [4.78, 5) is 13.5. The minimum absolute atomic E-state index is 0.350. The van der Waals surface area contributed by atoms with Crippen LogP contribution in [-0.4, -0.2) is 43.2 Å². The van der Waals surface area contributed by atoms with Crippen LogP contribution >= 0.6 is 0 Å². The zero-order valence-corrected chi connectivity index (χ0v) is 10.8. The maximum Gasteiger partial charge on any atom is 0.337 e. The molecule has 0 unspecified atom stereocenters. The Bertz CT molecular complexity index is 419. The van der Waals surface area contributed by atoms with Gasteiger partial charge in [0.15, 0.2) is 0 Å². The van der Waals surface area contributed by atoms with E-state index < -0.39 is 5.60 Å². The van der Waals surface area contributed by atoms with Crippen molar-refractivity contribution < 1.29 is 14.6 Å². The van der Waals surface area contributed by atoms with Gasteiger partial charge < -0.3 is 14.7 Å². The molecule has 1 aliphatic rings. The van der Waals surface area contributed by atoms with Crippen molar-refractivity contribution in [3.63, 3.8) is 0 Å². The fourth-order valence-electron chi connectivity index (χ4n) is 2.31. The molecule has 1 aromatic carbocycles. The van der Waals surface area contributed by atoms with E-state index in [-0.39, 0.29) is 5.97 Å². The molecular weight excluding hydrogens is 230 g/mol. The van der Waals surface area contributed by atoms with Crippen molar-refractivity contribution in [1.29, 1.82) is 0 Å². The Kier molecular flexibility index (Phi) is 3.68. The number of methoxy groups -OCH3 is 1. The number of benzene rings is 1. The second-order valence-corrected chi connectivity index (χ2v) is 4.90. The van der Waals surface area contributed by atoms with Crippen molar-refractivity contribution >= 4 is 5.97 Å². The van der Waals surface area contributed by atoms with Gasteiger partial charge in [0.1, 0.15) is 0 Å². The molecule has 1 aliphatic heterocycles. The van der Waals surface area contributed by atoms with E-state index in [1.807, 2.05) is 12.1 Å². The second-order valence-electron chi connectivity index (χ2n) is 4.90. The van der Waals surface area contributed by atoms with Gasteiger partial charge >= 0.3 is 5.97 Å². The Balaban J connectivity index is 2.16. The van der Waals surface area contributed by atoms with E-state index in [9.17, 15) is 9.90 Å². The highest BCUT2D eigenvalue weighted by molar-refractivity contribution is 5.89. The highest BCUT2D eigenvalue weighted by atomic mass is 16.5. The lowest BCUT2D eigenvalue weighted by atomic mass is 9.84. The average molecular weight is 249 g/mol. The normalized spacial score (nSPS) is 19.5. The van der Waals surface area contributed by atoms with E-state index in [1.54, 1.807) is 12.1 Å². The zero-order valence-electron chi connectivity index (χ0n) is 10.8. The first-order chi connectivity index (χ1) is 8.55. The molecule has 18 heavy (non-hydrogen) atoms. The topological polar surface area (TPSA) is 49.8 Å². The summed E-state index contributed by atoms with van der Waals surface area (Å²) in [5.41, 5.74) is 0.627. The van der Waals surface area contributed by atoms with Gasteiger partial charge in [-0.15, -0.1) is 0 Å². The molecule has 1 fully saturated rings. The first-order valence-corrected chi connectivity index (χ1v) is 6.15. The smallest absolute Gasteiger partial charge is 0.337 e. The number of aliphatic hydroxyl groups is 1. The Morgan fingerprint density at radius 3 is 2.33 bits per heavy atom. The summed E-state index contributed by atoms with van der Waals surface area (Å²) in [6.07, 6.45) is 1.45. The number of carbonyl (C=O) groups is 1. The minimum Gasteiger partial charge on any atom is -0.465 e. The largest absolute Gasteiger partial charge is 0.465 e. The van der Waals surface area contributed by atoms with Crippen molar-refractivity contribution in [2.24, 2.45) is 0 Å². The number of hydrogen-bond acceptors (Lipinski definition) is 4. The predicted octanol–water partition coefficient (Wildman–Crippen LogP) is 1.39. The fraction of sp³-hybridized carbons (Fsp3) is 0.500. The van der Waals surface area contributed by atoms with Crippen LogP contribution in [0.1, 0.15) is 28.8 Å². The number of ether oxygens (including phenoxy) is 1. The van der Waals surface area contributed by atoms with Crippen molar-refractivity contribution in [3.05, 3.63) is 35.4 Å². The van der Waals surface area contributed by atoms with E-state index in [0.29, 0.717) is 5.56 Å². The number of rotatable bonds is 2. The summed E-state index contributed by atoms with van der Waals surface area (Å²) in [6, 6.07) is 7.05. The summed E-state index contributed by atoms with van der Waals surface area (Å²) in [5.74, 6) is -0.350. The number of nitrogens with zero attached hydrogens (tertiary/aromatic N) is 1. The van der Waals surface area contributed by atoms with Gasteiger partial charge in [-0.2, -0.15) is 0 Å². The van der Waals surface area contributed by atoms with Gasteiger partial charge in [-0.25, -0.2) is 4.79 Å². The van der Waals surface area contributed by atoms with Crippen LogP contribution in [0.2, 0.25) is 0 Å². The predicted molar refractivity (Wildman–Crippen MR) is 68.4 cm³/mol. The molecule has 0 bridgehead atoms. The van der Waals surface area contributed by atoms with Gasteiger partial charge in [0.05, 0.1) is 18.3 Å². The number of hydrogen-bond donors (Lipinski definition) is 1. The molecule has 1 aromatic rings. The molecule has 4 heteroatoms. The quantitative estimate of drug-likeness (QED) is 0.805. The number of esters is 1. The molecule has 4 nitrogen and oxygen atoms in total. The van der Waals surface area contributed by atoms with Gasteiger partial charge in [0, 0.05) is 13.1 Å². The Hall–Kier alpha value is -1.39. The average Bonchev–Trinajstić information content (AvgIpc) is 2.41. The van der Waals surface area contributed by atoms with Gasteiger partial charge in [-0.3, -0.25) is 0 Å². The molecular formula is C14H19NO3. The molecule has 0 aromatic heterocycles.